The van der Waals surface area contributed by atoms with Gasteiger partial charge >= 0.3 is 12.1 Å². The minimum atomic E-state index is -0.824. The van der Waals surface area contributed by atoms with E-state index in [1.165, 1.54) is 0 Å². The number of ether oxygens (including phenoxy) is 2. The van der Waals surface area contributed by atoms with Gasteiger partial charge in [-0.05, 0) is 50.8 Å². The van der Waals surface area contributed by atoms with E-state index in [1.54, 1.807) is 38.1 Å². The Labute approximate surface area is 205 Å². The molecule has 188 valence electrons. The van der Waals surface area contributed by atoms with Gasteiger partial charge in [0.15, 0.2) is 0 Å². The van der Waals surface area contributed by atoms with Crippen LogP contribution in [0.5, 0.6) is 0 Å². The molecule has 0 aliphatic heterocycles. The van der Waals surface area contributed by atoms with E-state index in [4.69, 9.17) is 9.47 Å². The van der Waals surface area contributed by atoms with Gasteiger partial charge in [0.25, 0.3) is 0 Å². The van der Waals surface area contributed by atoms with Crippen LogP contribution in [0.25, 0.3) is 0 Å². The van der Waals surface area contributed by atoms with Crippen molar-refractivity contribution in [2.75, 3.05) is 11.9 Å². The van der Waals surface area contributed by atoms with Crippen LogP contribution in [-0.2, 0) is 30.5 Å². The van der Waals surface area contributed by atoms with Gasteiger partial charge in [0, 0.05) is 12.2 Å². The number of nitrogens with one attached hydrogen (secondary N) is 3. The second-order valence-electron chi connectivity index (χ2n) is 8.18. The summed E-state index contributed by atoms with van der Waals surface area (Å²) in [6.45, 7) is 3.85. The zero-order valence-corrected chi connectivity index (χ0v) is 20.1. The van der Waals surface area contributed by atoms with Crippen molar-refractivity contribution in [2.24, 2.45) is 0 Å². The number of hydrogen-bond acceptors (Lipinski definition) is 6. The number of esters is 1. The quantitative estimate of drug-likeness (QED) is 0.227. The van der Waals surface area contributed by atoms with Crippen molar-refractivity contribution in [1.82, 2.24) is 10.6 Å². The lowest BCUT2D eigenvalue weighted by molar-refractivity contribution is -0.149. The van der Waals surface area contributed by atoms with Crippen LogP contribution in [0.2, 0.25) is 0 Å². The molecule has 0 bridgehead atoms. The van der Waals surface area contributed by atoms with Crippen molar-refractivity contribution in [1.29, 1.82) is 0 Å². The first-order chi connectivity index (χ1) is 16.8. The lowest BCUT2D eigenvalue weighted by atomic mass is 10.1. The molecule has 0 heterocycles. The van der Waals surface area contributed by atoms with E-state index in [1.807, 2.05) is 36.4 Å². The van der Waals surface area contributed by atoms with Crippen molar-refractivity contribution in [3.63, 3.8) is 0 Å². The van der Waals surface area contributed by atoms with Crippen molar-refractivity contribution in [2.45, 2.75) is 58.3 Å². The van der Waals surface area contributed by atoms with E-state index in [0.29, 0.717) is 31.5 Å². The van der Waals surface area contributed by atoms with Gasteiger partial charge in [0.1, 0.15) is 19.1 Å². The van der Waals surface area contributed by atoms with E-state index < -0.39 is 24.0 Å². The van der Waals surface area contributed by atoms with Gasteiger partial charge < -0.3 is 25.4 Å². The number of amides is 3. The average Bonchev–Trinajstić information content (AvgIpc) is 2.82. The summed E-state index contributed by atoms with van der Waals surface area (Å²) in [5.41, 5.74) is 1.45. The molecule has 0 spiro atoms. The Bertz CT molecular complexity index is 950. The largest absolute Gasteiger partial charge is 0.463 e. The number of alkyl carbamates (subject to hydrolysis) is 1. The Kier molecular flexibility index (Phi) is 11.8. The zero-order valence-electron chi connectivity index (χ0n) is 20.1. The van der Waals surface area contributed by atoms with Gasteiger partial charge in [-0.25, -0.2) is 4.79 Å². The van der Waals surface area contributed by atoms with Crippen LogP contribution in [0, 0.1) is 0 Å². The summed E-state index contributed by atoms with van der Waals surface area (Å²) in [7, 11) is 0. The van der Waals surface area contributed by atoms with Crippen molar-refractivity contribution >= 4 is 29.6 Å². The summed E-state index contributed by atoms with van der Waals surface area (Å²) in [5, 5.41) is 8.07. The van der Waals surface area contributed by atoms with E-state index in [-0.39, 0.29) is 25.0 Å². The molecule has 9 nitrogen and oxygen atoms in total. The molecule has 35 heavy (non-hydrogen) atoms. The van der Waals surface area contributed by atoms with Crippen molar-refractivity contribution in [3.8, 4) is 0 Å². The maximum absolute atomic E-state index is 12.8. The molecule has 0 aliphatic carbocycles. The van der Waals surface area contributed by atoms with Crippen LogP contribution in [0.4, 0.5) is 10.5 Å². The molecule has 0 radical (unpaired) electrons. The smallest absolute Gasteiger partial charge is 0.408 e. The maximum atomic E-state index is 12.8. The number of rotatable bonds is 13. The summed E-state index contributed by atoms with van der Waals surface area (Å²) in [4.78, 5) is 48.5. The lowest BCUT2D eigenvalue weighted by Gasteiger charge is -2.18. The second kappa shape index (κ2) is 15.1. The minimum absolute atomic E-state index is 0.0883. The molecule has 0 aromatic heterocycles. The predicted molar refractivity (Wildman–Crippen MR) is 131 cm³/mol. The molecule has 2 aromatic rings. The van der Waals surface area contributed by atoms with Crippen molar-refractivity contribution in [3.05, 3.63) is 66.2 Å². The zero-order chi connectivity index (χ0) is 25.5. The molecule has 1 atom stereocenters. The Morgan fingerprint density at radius 3 is 2.20 bits per heavy atom. The molecule has 2 rings (SSSR count). The number of benzene rings is 2. The normalized spacial score (nSPS) is 11.3. The molecule has 0 unspecified atom stereocenters. The van der Waals surface area contributed by atoms with Gasteiger partial charge in [-0.3, -0.25) is 14.4 Å². The highest BCUT2D eigenvalue weighted by Gasteiger charge is 2.21. The molecule has 0 saturated heterocycles. The third kappa shape index (κ3) is 11.7. The summed E-state index contributed by atoms with van der Waals surface area (Å²) in [5.74, 6) is -1.36. The fraction of sp³-hybridized carbons (Fsp3) is 0.385. The van der Waals surface area contributed by atoms with E-state index in [2.05, 4.69) is 16.0 Å². The SMILES string of the molecule is CC(C)OC(=O)CC(=O)NCCCC[C@H](NC(=O)OCc1ccccc1)C(=O)Nc1ccccc1. The first-order valence-electron chi connectivity index (χ1n) is 11.6. The molecule has 3 amide bonds. The molecule has 9 heteroatoms. The highest BCUT2D eigenvalue weighted by molar-refractivity contribution is 5.96. The van der Waals surface area contributed by atoms with Crippen LogP contribution in [0.1, 0.15) is 45.1 Å². The maximum Gasteiger partial charge on any atom is 0.408 e. The third-order valence-electron chi connectivity index (χ3n) is 4.78. The number of anilines is 1. The number of unbranched alkanes of at least 4 members (excludes halogenated alkanes) is 1. The highest BCUT2D eigenvalue weighted by atomic mass is 16.5. The van der Waals surface area contributed by atoms with Gasteiger partial charge in [-0.2, -0.15) is 0 Å². The standard InChI is InChI=1S/C26H33N3O6/c1-19(2)35-24(31)17-23(30)27-16-10-9-15-22(25(32)28-21-13-7-4-8-14-21)29-26(33)34-18-20-11-5-3-6-12-20/h3-8,11-14,19,22H,9-10,15-18H2,1-2H3,(H,27,30)(H,28,32)(H,29,33)/t22-/m0/s1. The fourth-order valence-corrected chi connectivity index (χ4v) is 3.13. The van der Waals surface area contributed by atoms with Crippen LogP contribution in [0.3, 0.4) is 0 Å². The monoisotopic (exact) mass is 483 g/mol. The van der Waals surface area contributed by atoms with E-state index >= 15 is 0 Å². The Hall–Kier alpha value is -3.88. The topological polar surface area (TPSA) is 123 Å². The molecular weight excluding hydrogens is 450 g/mol. The minimum Gasteiger partial charge on any atom is -0.463 e. The summed E-state index contributed by atoms with van der Waals surface area (Å²) in [6, 6.07) is 17.3. The average molecular weight is 484 g/mol. The van der Waals surface area contributed by atoms with Gasteiger partial charge in [-0.15, -0.1) is 0 Å². The molecule has 0 saturated carbocycles. The summed E-state index contributed by atoms with van der Waals surface area (Å²) in [6.07, 6.45) is 0.128. The van der Waals surface area contributed by atoms with Crippen LogP contribution in [0.15, 0.2) is 60.7 Å². The fourth-order valence-electron chi connectivity index (χ4n) is 3.13. The molecule has 3 N–H and O–H groups in total. The third-order valence-corrected chi connectivity index (χ3v) is 4.78. The first kappa shape index (κ1) is 27.4. The molecule has 0 aliphatic rings. The Balaban J connectivity index is 1.82. The highest BCUT2D eigenvalue weighted by Crippen LogP contribution is 2.09. The molecule has 0 fully saturated rings. The predicted octanol–water partition coefficient (Wildman–Crippen LogP) is 3.55. The number of hydrogen-bond donors (Lipinski definition) is 3. The number of carbonyl (C=O) groups excluding carboxylic acids is 4. The van der Waals surface area contributed by atoms with E-state index in [9.17, 15) is 19.2 Å². The van der Waals surface area contributed by atoms with Crippen LogP contribution < -0.4 is 16.0 Å². The van der Waals surface area contributed by atoms with Gasteiger partial charge in [0.05, 0.1) is 6.10 Å². The lowest BCUT2D eigenvalue weighted by Crippen LogP contribution is -2.44. The number of para-hydroxylation sites is 1. The summed E-state index contributed by atoms with van der Waals surface area (Å²) < 4.78 is 10.2. The van der Waals surface area contributed by atoms with Crippen LogP contribution >= 0.6 is 0 Å². The Morgan fingerprint density at radius 2 is 1.54 bits per heavy atom. The molecule has 2 aromatic carbocycles. The second-order valence-corrected chi connectivity index (χ2v) is 8.18. The molecular formula is C26H33N3O6. The summed E-state index contributed by atoms with van der Waals surface area (Å²) >= 11 is 0. The number of carbonyl (C=O) groups is 4. The first-order valence-corrected chi connectivity index (χ1v) is 11.6. The van der Waals surface area contributed by atoms with Gasteiger partial charge in [-0.1, -0.05) is 48.5 Å². The van der Waals surface area contributed by atoms with Crippen molar-refractivity contribution < 1.29 is 28.7 Å². The Morgan fingerprint density at radius 1 is 0.886 bits per heavy atom. The van der Waals surface area contributed by atoms with Gasteiger partial charge in [0.2, 0.25) is 11.8 Å². The van der Waals surface area contributed by atoms with Crippen LogP contribution in [-0.4, -0.2) is 42.6 Å². The van der Waals surface area contributed by atoms with E-state index in [0.717, 1.165) is 5.56 Å².